The summed E-state index contributed by atoms with van der Waals surface area (Å²) in [6, 6.07) is 19.7. The molecule has 7 heteroatoms. The van der Waals surface area contributed by atoms with Crippen LogP contribution < -0.4 is 16.4 Å². The zero-order valence-electron chi connectivity index (χ0n) is 16.8. The van der Waals surface area contributed by atoms with Gasteiger partial charge in [-0.05, 0) is 61.4 Å². The number of carbonyl (C=O) groups is 2. The van der Waals surface area contributed by atoms with Crippen molar-refractivity contribution < 1.29 is 14.0 Å². The predicted molar refractivity (Wildman–Crippen MR) is 121 cm³/mol. The molecule has 2 aromatic heterocycles. The number of carbonyl (C=O) groups excluding carboxylic acids is 2. The first kappa shape index (κ1) is 20.2. The molecule has 156 valence electrons. The third kappa shape index (κ3) is 5.08. The molecule has 0 fully saturated rings. The number of hydrogen-bond acceptors (Lipinski definition) is 5. The summed E-state index contributed by atoms with van der Waals surface area (Å²) in [6.45, 7) is 0. The number of hydrogen-bond donors (Lipinski definition) is 3. The van der Waals surface area contributed by atoms with Crippen LogP contribution in [0.15, 0.2) is 77.3 Å². The molecule has 7 nitrogen and oxygen atoms in total. The Balaban J connectivity index is 1.37. The summed E-state index contributed by atoms with van der Waals surface area (Å²) in [7, 11) is 0. The SMILES string of the molecule is Nc1ccccc1NC(=O)c1cc2cc(NC(=O)CCCc3ccccn3)ccc2o1. The van der Waals surface area contributed by atoms with Gasteiger partial charge in [-0.3, -0.25) is 14.6 Å². The fraction of sp³-hybridized carbons (Fsp3) is 0.125. The molecule has 4 N–H and O–H groups in total. The number of anilines is 3. The van der Waals surface area contributed by atoms with Gasteiger partial charge in [0.15, 0.2) is 5.76 Å². The summed E-state index contributed by atoms with van der Waals surface area (Å²) in [6.07, 6.45) is 3.61. The lowest BCUT2D eigenvalue weighted by Crippen LogP contribution is -2.12. The van der Waals surface area contributed by atoms with Crippen LogP contribution in [0.5, 0.6) is 0 Å². The average Bonchev–Trinajstić information content (AvgIpc) is 3.20. The molecule has 2 aromatic carbocycles. The van der Waals surface area contributed by atoms with Crippen LogP contribution in [0.25, 0.3) is 11.0 Å². The Labute approximate surface area is 179 Å². The molecule has 0 bridgehead atoms. The largest absolute Gasteiger partial charge is 0.451 e. The van der Waals surface area contributed by atoms with Gasteiger partial charge in [0.2, 0.25) is 5.91 Å². The number of amides is 2. The number of pyridine rings is 1. The molecule has 0 unspecified atom stereocenters. The van der Waals surface area contributed by atoms with Crippen molar-refractivity contribution in [2.45, 2.75) is 19.3 Å². The monoisotopic (exact) mass is 414 g/mol. The Bertz CT molecular complexity index is 1220. The fourth-order valence-electron chi connectivity index (χ4n) is 3.23. The Kier molecular flexibility index (Phi) is 5.93. The Morgan fingerprint density at radius 1 is 0.968 bits per heavy atom. The lowest BCUT2D eigenvalue weighted by atomic mass is 10.1. The molecular weight excluding hydrogens is 392 g/mol. The molecule has 0 spiro atoms. The predicted octanol–water partition coefficient (Wildman–Crippen LogP) is 4.62. The molecular formula is C24H22N4O3. The lowest BCUT2D eigenvalue weighted by Gasteiger charge is -2.05. The van der Waals surface area contributed by atoms with Crippen molar-refractivity contribution in [3.8, 4) is 0 Å². The smallest absolute Gasteiger partial charge is 0.291 e. The second kappa shape index (κ2) is 9.13. The first-order chi connectivity index (χ1) is 15.1. The second-order valence-electron chi connectivity index (χ2n) is 7.13. The van der Waals surface area contributed by atoms with E-state index in [0.717, 1.165) is 17.5 Å². The van der Waals surface area contributed by atoms with Crippen LogP contribution in [0.1, 0.15) is 29.1 Å². The molecule has 0 radical (unpaired) electrons. The highest BCUT2D eigenvalue weighted by atomic mass is 16.3. The summed E-state index contributed by atoms with van der Waals surface area (Å²) < 4.78 is 5.64. The molecule has 0 saturated heterocycles. The number of furan rings is 1. The van der Waals surface area contributed by atoms with E-state index in [4.69, 9.17) is 10.2 Å². The van der Waals surface area contributed by atoms with E-state index in [-0.39, 0.29) is 11.7 Å². The average molecular weight is 414 g/mol. The second-order valence-corrected chi connectivity index (χ2v) is 7.13. The highest BCUT2D eigenvalue weighted by Crippen LogP contribution is 2.25. The van der Waals surface area contributed by atoms with Gasteiger partial charge in [0.1, 0.15) is 5.58 Å². The minimum atomic E-state index is -0.394. The first-order valence-corrected chi connectivity index (χ1v) is 9.98. The van der Waals surface area contributed by atoms with Gasteiger partial charge in [0, 0.05) is 29.4 Å². The number of benzene rings is 2. The number of aromatic nitrogens is 1. The Hall–Kier alpha value is -4.13. The van der Waals surface area contributed by atoms with Crippen molar-refractivity contribution in [2.75, 3.05) is 16.4 Å². The quantitative estimate of drug-likeness (QED) is 0.382. The highest BCUT2D eigenvalue weighted by Gasteiger charge is 2.14. The number of nitrogens with one attached hydrogen (secondary N) is 2. The van der Waals surface area contributed by atoms with Crippen LogP contribution in [-0.2, 0) is 11.2 Å². The van der Waals surface area contributed by atoms with Gasteiger partial charge >= 0.3 is 0 Å². The molecule has 4 rings (SSSR count). The number of rotatable bonds is 7. The van der Waals surface area contributed by atoms with E-state index < -0.39 is 5.91 Å². The lowest BCUT2D eigenvalue weighted by molar-refractivity contribution is -0.116. The minimum Gasteiger partial charge on any atom is -0.451 e. The summed E-state index contributed by atoms with van der Waals surface area (Å²) in [5.74, 6) is -0.303. The maximum atomic E-state index is 12.5. The van der Waals surface area contributed by atoms with E-state index in [1.54, 1.807) is 54.7 Å². The van der Waals surface area contributed by atoms with E-state index in [1.807, 2.05) is 18.2 Å². The first-order valence-electron chi connectivity index (χ1n) is 9.98. The topological polar surface area (TPSA) is 110 Å². The maximum Gasteiger partial charge on any atom is 0.291 e. The molecule has 2 amide bonds. The number of fused-ring (bicyclic) bond motifs is 1. The maximum absolute atomic E-state index is 12.5. The summed E-state index contributed by atoms with van der Waals surface area (Å²) in [4.78, 5) is 29.0. The zero-order valence-corrected chi connectivity index (χ0v) is 16.8. The molecule has 4 aromatic rings. The van der Waals surface area contributed by atoms with Crippen molar-refractivity contribution >= 4 is 39.8 Å². The third-order valence-electron chi connectivity index (χ3n) is 4.80. The Morgan fingerprint density at radius 2 is 1.81 bits per heavy atom. The van der Waals surface area contributed by atoms with Gasteiger partial charge in [0.05, 0.1) is 11.4 Å². The van der Waals surface area contributed by atoms with Crippen molar-refractivity contribution in [2.24, 2.45) is 0 Å². The minimum absolute atomic E-state index is 0.0729. The van der Waals surface area contributed by atoms with E-state index in [0.29, 0.717) is 35.5 Å². The van der Waals surface area contributed by atoms with Gasteiger partial charge in [-0.25, -0.2) is 0 Å². The summed E-state index contributed by atoms with van der Waals surface area (Å²) in [5, 5.41) is 6.35. The number of aryl methyl sites for hydroxylation is 1. The fourth-order valence-corrected chi connectivity index (χ4v) is 3.23. The third-order valence-corrected chi connectivity index (χ3v) is 4.80. The van der Waals surface area contributed by atoms with Crippen molar-refractivity contribution in [3.05, 3.63) is 84.4 Å². The molecule has 0 saturated carbocycles. The van der Waals surface area contributed by atoms with Gasteiger partial charge in [0.25, 0.3) is 5.91 Å². The number of nitrogens with zero attached hydrogens (tertiary/aromatic N) is 1. The molecule has 0 atom stereocenters. The molecule has 0 aliphatic heterocycles. The van der Waals surface area contributed by atoms with Gasteiger partial charge in [-0.15, -0.1) is 0 Å². The van der Waals surface area contributed by atoms with Crippen LogP contribution >= 0.6 is 0 Å². The Morgan fingerprint density at radius 3 is 2.61 bits per heavy atom. The van der Waals surface area contributed by atoms with Gasteiger partial charge < -0.3 is 20.8 Å². The van der Waals surface area contributed by atoms with Crippen LogP contribution in [0.4, 0.5) is 17.1 Å². The number of nitrogens with two attached hydrogens (primary N) is 1. The highest BCUT2D eigenvalue weighted by molar-refractivity contribution is 6.06. The van der Waals surface area contributed by atoms with Crippen LogP contribution in [-0.4, -0.2) is 16.8 Å². The molecule has 2 heterocycles. The molecule has 31 heavy (non-hydrogen) atoms. The van der Waals surface area contributed by atoms with Crippen LogP contribution in [0, 0.1) is 0 Å². The number of para-hydroxylation sites is 2. The van der Waals surface area contributed by atoms with Crippen LogP contribution in [0.3, 0.4) is 0 Å². The normalized spacial score (nSPS) is 10.7. The number of nitrogen functional groups attached to an aromatic ring is 1. The van der Waals surface area contributed by atoms with E-state index >= 15 is 0 Å². The van der Waals surface area contributed by atoms with E-state index in [1.165, 1.54) is 0 Å². The van der Waals surface area contributed by atoms with Crippen molar-refractivity contribution in [3.63, 3.8) is 0 Å². The molecule has 0 aliphatic carbocycles. The van der Waals surface area contributed by atoms with Crippen LogP contribution in [0.2, 0.25) is 0 Å². The van der Waals surface area contributed by atoms with E-state index in [9.17, 15) is 9.59 Å². The van der Waals surface area contributed by atoms with Crippen molar-refractivity contribution in [1.82, 2.24) is 4.98 Å². The van der Waals surface area contributed by atoms with E-state index in [2.05, 4.69) is 15.6 Å². The zero-order chi connectivity index (χ0) is 21.6. The van der Waals surface area contributed by atoms with Gasteiger partial charge in [-0.1, -0.05) is 18.2 Å². The van der Waals surface area contributed by atoms with Gasteiger partial charge in [-0.2, -0.15) is 0 Å². The molecule has 0 aliphatic rings. The standard InChI is InChI=1S/C24H22N4O3/c25-19-8-1-2-9-20(19)28-24(30)22-15-16-14-18(11-12-21(16)31-22)27-23(29)10-5-7-17-6-3-4-13-26-17/h1-4,6,8-9,11-15H,5,7,10,25H2,(H,27,29)(H,28,30). The van der Waals surface area contributed by atoms with Crippen molar-refractivity contribution in [1.29, 1.82) is 0 Å². The summed E-state index contributed by atoms with van der Waals surface area (Å²) in [5.41, 5.74) is 9.03. The summed E-state index contributed by atoms with van der Waals surface area (Å²) >= 11 is 0.